The van der Waals surface area contributed by atoms with Gasteiger partial charge in [0.1, 0.15) is 6.04 Å². The summed E-state index contributed by atoms with van der Waals surface area (Å²) in [7, 11) is 0. The maximum Gasteiger partial charge on any atom is 0.242 e. The van der Waals surface area contributed by atoms with Crippen LogP contribution in [0.15, 0.2) is 30.3 Å². The van der Waals surface area contributed by atoms with Crippen molar-refractivity contribution in [1.29, 1.82) is 0 Å². The van der Waals surface area contributed by atoms with Crippen LogP contribution in [0.5, 0.6) is 0 Å². The van der Waals surface area contributed by atoms with Crippen LogP contribution in [0.1, 0.15) is 57.9 Å². The molecule has 4 nitrogen and oxygen atoms in total. The first-order chi connectivity index (χ1) is 11.1. The molecular formula is C19H28N2O2. The Morgan fingerprint density at radius 3 is 2.43 bits per heavy atom. The summed E-state index contributed by atoms with van der Waals surface area (Å²) in [6.45, 7) is 4.15. The lowest BCUT2D eigenvalue weighted by Crippen LogP contribution is -2.50. The molecule has 0 spiro atoms. The zero-order valence-electron chi connectivity index (χ0n) is 14.3. The minimum absolute atomic E-state index is 0.0140. The van der Waals surface area contributed by atoms with Crippen molar-refractivity contribution in [3.63, 3.8) is 0 Å². The first kappa shape index (κ1) is 17.5. The topological polar surface area (TPSA) is 49.4 Å². The summed E-state index contributed by atoms with van der Waals surface area (Å²) in [5, 5.41) is 3.13. The molecule has 0 saturated heterocycles. The summed E-state index contributed by atoms with van der Waals surface area (Å²) in [4.78, 5) is 26.5. The Balaban J connectivity index is 2.01. The standard InChI is InChI=1S/C19H28N2O2/c1-3-18(22)21(14-16-10-6-4-7-11-16)15(2)19(23)20-17-12-8-5-9-13-17/h4,6-7,10-11,15,17H,3,5,8-9,12-14H2,1-2H3,(H,20,23)/t15-/m0/s1. The van der Waals surface area contributed by atoms with Crippen molar-refractivity contribution in [3.05, 3.63) is 35.9 Å². The third kappa shape index (κ3) is 5.08. The highest BCUT2D eigenvalue weighted by molar-refractivity contribution is 5.87. The van der Waals surface area contributed by atoms with Gasteiger partial charge in [0.05, 0.1) is 0 Å². The molecule has 1 fully saturated rings. The van der Waals surface area contributed by atoms with Crippen LogP contribution >= 0.6 is 0 Å². The largest absolute Gasteiger partial charge is 0.352 e. The predicted molar refractivity (Wildman–Crippen MR) is 91.8 cm³/mol. The van der Waals surface area contributed by atoms with Gasteiger partial charge in [0.15, 0.2) is 0 Å². The van der Waals surface area contributed by atoms with E-state index in [4.69, 9.17) is 0 Å². The van der Waals surface area contributed by atoms with Crippen LogP contribution in [-0.2, 0) is 16.1 Å². The van der Waals surface area contributed by atoms with Crippen LogP contribution in [0.3, 0.4) is 0 Å². The lowest BCUT2D eigenvalue weighted by molar-refractivity contribution is -0.140. The van der Waals surface area contributed by atoms with Gasteiger partial charge >= 0.3 is 0 Å². The number of rotatable bonds is 6. The summed E-state index contributed by atoms with van der Waals surface area (Å²) in [6.07, 6.45) is 6.14. The first-order valence-electron chi connectivity index (χ1n) is 8.75. The molecule has 1 N–H and O–H groups in total. The lowest BCUT2D eigenvalue weighted by Gasteiger charge is -2.31. The monoisotopic (exact) mass is 316 g/mol. The van der Waals surface area contributed by atoms with E-state index >= 15 is 0 Å². The summed E-state index contributed by atoms with van der Waals surface area (Å²) in [5.41, 5.74) is 1.05. The molecule has 1 atom stereocenters. The minimum Gasteiger partial charge on any atom is -0.352 e. The minimum atomic E-state index is -0.440. The van der Waals surface area contributed by atoms with Crippen LogP contribution < -0.4 is 5.32 Å². The number of nitrogens with zero attached hydrogens (tertiary/aromatic N) is 1. The maximum atomic E-state index is 12.6. The van der Waals surface area contributed by atoms with Crippen molar-refractivity contribution < 1.29 is 9.59 Å². The van der Waals surface area contributed by atoms with E-state index in [1.807, 2.05) is 44.2 Å². The molecule has 0 radical (unpaired) electrons. The number of hydrogen-bond donors (Lipinski definition) is 1. The Kier molecular flexibility index (Phi) is 6.63. The van der Waals surface area contributed by atoms with Crippen molar-refractivity contribution in [2.75, 3.05) is 0 Å². The first-order valence-corrected chi connectivity index (χ1v) is 8.75. The average molecular weight is 316 g/mol. The van der Waals surface area contributed by atoms with Crippen molar-refractivity contribution in [2.45, 2.75) is 71.0 Å². The molecule has 1 saturated carbocycles. The molecule has 23 heavy (non-hydrogen) atoms. The van der Waals surface area contributed by atoms with Gasteiger partial charge in [-0.15, -0.1) is 0 Å². The van der Waals surface area contributed by atoms with E-state index in [0.29, 0.717) is 13.0 Å². The van der Waals surface area contributed by atoms with Crippen LogP contribution in [0.25, 0.3) is 0 Å². The van der Waals surface area contributed by atoms with E-state index < -0.39 is 6.04 Å². The Morgan fingerprint density at radius 2 is 1.83 bits per heavy atom. The normalized spacial score (nSPS) is 16.6. The highest BCUT2D eigenvalue weighted by Gasteiger charge is 2.27. The second kappa shape index (κ2) is 8.70. The molecule has 1 aromatic carbocycles. The Morgan fingerprint density at radius 1 is 1.17 bits per heavy atom. The van der Waals surface area contributed by atoms with Gasteiger partial charge < -0.3 is 10.2 Å². The molecule has 2 amide bonds. The molecule has 1 aromatic rings. The van der Waals surface area contributed by atoms with Gasteiger partial charge in [-0.1, -0.05) is 56.5 Å². The van der Waals surface area contributed by atoms with Crippen LogP contribution in [-0.4, -0.2) is 28.8 Å². The molecule has 0 heterocycles. The molecule has 0 aromatic heterocycles. The van der Waals surface area contributed by atoms with Crippen molar-refractivity contribution >= 4 is 11.8 Å². The van der Waals surface area contributed by atoms with Gasteiger partial charge in [-0.25, -0.2) is 0 Å². The van der Waals surface area contributed by atoms with Gasteiger partial charge in [-0.3, -0.25) is 9.59 Å². The average Bonchev–Trinajstić information content (AvgIpc) is 2.60. The molecule has 2 rings (SSSR count). The van der Waals surface area contributed by atoms with E-state index in [0.717, 1.165) is 18.4 Å². The maximum absolute atomic E-state index is 12.6. The lowest BCUT2D eigenvalue weighted by atomic mass is 9.95. The molecule has 126 valence electrons. The smallest absolute Gasteiger partial charge is 0.242 e. The third-order valence-corrected chi connectivity index (χ3v) is 4.62. The molecular weight excluding hydrogens is 288 g/mol. The fourth-order valence-electron chi connectivity index (χ4n) is 3.13. The van der Waals surface area contributed by atoms with Crippen LogP contribution in [0.4, 0.5) is 0 Å². The zero-order chi connectivity index (χ0) is 16.7. The van der Waals surface area contributed by atoms with Crippen molar-refractivity contribution in [3.8, 4) is 0 Å². The number of benzene rings is 1. The number of carbonyl (C=O) groups excluding carboxylic acids is 2. The second-order valence-corrected chi connectivity index (χ2v) is 6.38. The molecule has 0 aliphatic heterocycles. The Labute approximate surface area is 139 Å². The van der Waals surface area contributed by atoms with Gasteiger partial charge in [0, 0.05) is 19.0 Å². The van der Waals surface area contributed by atoms with Gasteiger partial charge in [0.2, 0.25) is 11.8 Å². The summed E-state index contributed by atoms with van der Waals surface area (Å²) < 4.78 is 0. The number of amides is 2. The van der Waals surface area contributed by atoms with E-state index in [2.05, 4.69) is 5.32 Å². The Bertz CT molecular complexity index is 509. The molecule has 0 unspecified atom stereocenters. The highest BCUT2D eigenvalue weighted by Crippen LogP contribution is 2.18. The number of carbonyl (C=O) groups is 2. The van der Waals surface area contributed by atoms with Crippen molar-refractivity contribution in [1.82, 2.24) is 10.2 Å². The second-order valence-electron chi connectivity index (χ2n) is 6.38. The van der Waals surface area contributed by atoms with Gasteiger partial charge in [-0.2, -0.15) is 0 Å². The molecule has 1 aliphatic rings. The van der Waals surface area contributed by atoms with Gasteiger partial charge in [0.25, 0.3) is 0 Å². The van der Waals surface area contributed by atoms with Crippen molar-refractivity contribution in [2.24, 2.45) is 0 Å². The van der Waals surface area contributed by atoms with Crippen LogP contribution in [0, 0.1) is 0 Å². The van der Waals surface area contributed by atoms with Crippen LogP contribution in [0.2, 0.25) is 0 Å². The fourth-order valence-corrected chi connectivity index (χ4v) is 3.13. The third-order valence-electron chi connectivity index (χ3n) is 4.62. The summed E-state index contributed by atoms with van der Waals surface area (Å²) in [5.74, 6) is -0.0187. The summed E-state index contributed by atoms with van der Waals surface area (Å²) >= 11 is 0. The quantitative estimate of drug-likeness (QED) is 0.875. The molecule has 0 bridgehead atoms. The van der Waals surface area contributed by atoms with E-state index in [9.17, 15) is 9.59 Å². The number of nitrogens with one attached hydrogen (secondary N) is 1. The fraction of sp³-hybridized carbons (Fsp3) is 0.579. The highest BCUT2D eigenvalue weighted by atomic mass is 16.2. The van der Waals surface area contributed by atoms with E-state index in [1.54, 1.807) is 4.90 Å². The molecule has 1 aliphatic carbocycles. The summed E-state index contributed by atoms with van der Waals surface area (Å²) in [6, 6.07) is 9.67. The molecule has 4 heteroatoms. The van der Waals surface area contributed by atoms with E-state index in [1.165, 1.54) is 19.3 Å². The zero-order valence-corrected chi connectivity index (χ0v) is 14.3. The predicted octanol–water partition coefficient (Wildman–Crippen LogP) is 3.26. The Hall–Kier alpha value is -1.84. The van der Waals surface area contributed by atoms with E-state index in [-0.39, 0.29) is 17.9 Å². The number of hydrogen-bond acceptors (Lipinski definition) is 2. The SMILES string of the molecule is CCC(=O)N(Cc1ccccc1)[C@@H](C)C(=O)NC1CCCCC1. The van der Waals surface area contributed by atoms with Gasteiger partial charge in [-0.05, 0) is 25.3 Å².